The molecule has 2 aromatic carbocycles. The molecule has 0 aromatic heterocycles. The van der Waals surface area contributed by atoms with E-state index in [2.05, 4.69) is 35.6 Å². The lowest BCUT2D eigenvalue weighted by atomic mass is 10.1. The second-order valence-electron chi connectivity index (χ2n) is 5.22. The lowest BCUT2D eigenvalue weighted by molar-refractivity contribution is 0.334. The molecule has 0 saturated carbocycles. The summed E-state index contributed by atoms with van der Waals surface area (Å²) < 4.78 is 5.69. The van der Waals surface area contributed by atoms with E-state index < -0.39 is 0 Å². The number of nitrogens with one attached hydrogen (secondary N) is 1. The Labute approximate surface area is 128 Å². The number of hydrogen-bond donors (Lipinski definition) is 1. The highest BCUT2D eigenvalue weighted by molar-refractivity contribution is 8.14. The first-order valence-electron chi connectivity index (χ1n) is 7.14. The maximum absolute atomic E-state index is 5.69. The van der Waals surface area contributed by atoms with E-state index in [-0.39, 0.29) is 6.04 Å². The number of hydrogen-bond acceptors (Lipinski definition) is 3. The van der Waals surface area contributed by atoms with Gasteiger partial charge in [0.15, 0.2) is 5.17 Å². The van der Waals surface area contributed by atoms with Crippen LogP contribution in [0.4, 0.5) is 0 Å². The number of nitrogens with zero attached hydrogens (tertiary/aromatic N) is 1. The third kappa shape index (κ3) is 2.51. The molecular formula is C17H16N2OS. The van der Waals surface area contributed by atoms with Gasteiger partial charge in [0.2, 0.25) is 0 Å². The molecule has 106 valence electrons. The summed E-state index contributed by atoms with van der Waals surface area (Å²) in [5.41, 5.74) is 2.51. The van der Waals surface area contributed by atoms with Gasteiger partial charge in [-0.2, -0.15) is 0 Å². The van der Waals surface area contributed by atoms with Crippen molar-refractivity contribution in [1.29, 1.82) is 0 Å². The second kappa shape index (κ2) is 5.45. The number of ether oxygens (including phenoxy) is 1. The number of para-hydroxylation sites is 1. The first-order valence-corrected chi connectivity index (χ1v) is 8.12. The van der Waals surface area contributed by atoms with Gasteiger partial charge < -0.3 is 10.1 Å². The number of fused-ring (bicyclic) bond motifs is 1. The van der Waals surface area contributed by atoms with Crippen LogP contribution in [-0.4, -0.2) is 17.5 Å². The van der Waals surface area contributed by atoms with Crippen LogP contribution in [0.3, 0.4) is 0 Å². The van der Waals surface area contributed by atoms with Crippen LogP contribution in [0.2, 0.25) is 0 Å². The maximum atomic E-state index is 5.69. The van der Waals surface area contributed by atoms with Gasteiger partial charge in [-0.3, -0.25) is 4.99 Å². The molecule has 1 fully saturated rings. The minimum Gasteiger partial charge on any atom is -0.491 e. The standard InChI is InChI=1S/C17H16N2OS/c1-2-6-12(7-3-1)15-11-21-17(19-15)18-14-10-20-16-9-5-4-8-13(14)16/h1-9,14-15H,10-11H2,(H,18,19). The van der Waals surface area contributed by atoms with Gasteiger partial charge in [-0.15, -0.1) is 0 Å². The molecule has 3 nitrogen and oxygen atoms in total. The number of aliphatic imine (C=N–C) groups is 1. The topological polar surface area (TPSA) is 33.6 Å². The van der Waals surface area contributed by atoms with E-state index in [1.165, 1.54) is 11.1 Å². The van der Waals surface area contributed by atoms with E-state index in [1.807, 2.05) is 24.3 Å². The molecule has 21 heavy (non-hydrogen) atoms. The average Bonchev–Trinajstić information content (AvgIpc) is 3.17. The molecule has 4 rings (SSSR count). The molecular weight excluding hydrogens is 280 g/mol. The Hall–Kier alpha value is -1.94. The van der Waals surface area contributed by atoms with Gasteiger partial charge in [-0.05, 0) is 11.6 Å². The molecule has 2 aliphatic rings. The molecule has 2 aromatic rings. The minimum atomic E-state index is 0.116. The summed E-state index contributed by atoms with van der Waals surface area (Å²) in [7, 11) is 0. The Morgan fingerprint density at radius 3 is 2.76 bits per heavy atom. The molecule has 2 heterocycles. The van der Waals surface area contributed by atoms with Crippen molar-refractivity contribution in [2.75, 3.05) is 12.4 Å². The minimum absolute atomic E-state index is 0.116. The first-order chi connectivity index (χ1) is 10.4. The Balaban J connectivity index is 1.51. The van der Waals surface area contributed by atoms with Crippen molar-refractivity contribution in [2.24, 2.45) is 4.99 Å². The summed E-state index contributed by atoms with van der Waals surface area (Å²) in [6, 6.07) is 19.2. The molecule has 1 saturated heterocycles. The van der Waals surface area contributed by atoms with Crippen molar-refractivity contribution in [3.63, 3.8) is 0 Å². The maximum Gasteiger partial charge on any atom is 0.157 e. The van der Waals surface area contributed by atoms with E-state index in [1.54, 1.807) is 11.8 Å². The summed E-state index contributed by atoms with van der Waals surface area (Å²) in [4.78, 5) is 4.84. The Bertz CT molecular complexity index is 672. The summed E-state index contributed by atoms with van der Waals surface area (Å²) in [6.07, 6.45) is 0. The Morgan fingerprint density at radius 2 is 1.86 bits per heavy atom. The van der Waals surface area contributed by atoms with Crippen LogP contribution in [0.15, 0.2) is 59.6 Å². The molecule has 4 heteroatoms. The van der Waals surface area contributed by atoms with Gasteiger partial charge in [-0.25, -0.2) is 0 Å². The fourth-order valence-electron chi connectivity index (χ4n) is 2.73. The van der Waals surface area contributed by atoms with Crippen molar-refractivity contribution in [2.45, 2.75) is 12.1 Å². The average molecular weight is 296 g/mol. The van der Waals surface area contributed by atoms with Gasteiger partial charge in [0.25, 0.3) is 0 Å². The van der Waals surface area contributed by atoms with E-state index >= 15 is 0 Å². The zero-order valence-electron chi connectivity index (χ0n) is 11.5. The lowest BCUT2D eigenvalue weighted by Crippen LogP contribution is -2.20. The normalized spacial score (nSPS) is 25.4. The third-order valence-electron chi connectivity index (χ3n) is 3.83. The first kappa shape index (κ1) is 12.8. The van der Waals surface area contributed by atoms with Crippen LogP contribution in [0.1, 0.15) is 23.2 Å². The summed E-state index contributed by atoms with van der Waals surface area (Å²) >= 11 is 1.79. The van der Waals surface area contributed by atoms with Crippen LogP contribution in [0.25, 0.3) is 0 Å². The van der Waals surface area contributed by atoms with Crippen LogP contribution in [0, 0.1) is 0 Å². The second-order valence-corrected chi connectivity index (χ2v) is 6.23. The number of thioether (sulfide) groups is 1. The van der Waals surface area contributed by atoms with Crippen LogP contribution in [-0.2, 0) is 0 Å². The lowest BCUT2D eigenvalue weighted by Gasteiger charge is -2.10. The number of rotatable bonds is 2. The smallest absolute Gasteiger partial charge is 0.157 e. The van der Waals surface area contributed by atoms with E-state index in [0.29, 0.717) is 12.6 Å². The zero-order chi connectivity index (χ0) is 14.1. The molecule has 2 aliphatic heterocycles. The van der Waals surface area contributed by atoms with Crippen LogP contribution < -0.4 is 10.1 Å². The number of amidine groups is 1. The van der Waals surface area contributed by atoms with Crippen molar-refractivity contribution >= 4 is 16.9 Å². The highest BCUT2D eigenvalue weighted by Gasteiger charge is 2.27. The van der Waals surface area contributed by atoms with Crippen molar-refractivity contribution in [3.05, 3.63) is 65.7 Å². The Morgan fingerprint density at radius 1 is 1.05 bits per heavy atom. The highest BCUT2D eigenvalue weighted by atomic mass is 32.2. The number of benzene rings is 2. The third-order valence-corrected chi connectivity index (χ3v) is 4.83. The quantitative estimate of drug-likeness (QED) is 0.920. The molecule has 1 N–H and O–H groups in total. The van der Waals surface area contributed by atoms with Gasteiger partial charge in [-0.1, -0.05) is 60.3 Å². The van der Waals surface area contributed by atoms with Gasteiger partial charge in [0.05, 0.1) is 6.04 Å². The van der Waals surface area contributed by atoms with Crippen molar-refractivity contribution in [3.8, 4) is 5.75 Å². The summed E-state index contributed by atoms with van der Waals surface area (Å²) in [5.74, 6) is 1.99. The Kier molecular flexibility index (Phi) is 3.31. The van der Waals surface area contributed by atoms with Crippen molar-refractivity contribution < 1.29 is 4.74 Å². The largest absolute Gasteiger partial charge is 0.491 e. The van der Waals surface area contributed by atoms with Gasteiger partial charge in [0.1, 0.15) is 18.4 Å². The van der Waals surface area contributed by atoms with E-state index in [0.717, 1.165) is 16.7 Å². The summed E-state index contributed by atoms with van der Waals surface area (Å²) in [6.45, 7) is 0.640. The predicted molar refractivity (Wildman–Crippen MR) is 86.9 cm³/mol. The highest BCUT2D eigenvalue weighted by Crippen LogP contribution is 2.36. The predicted octanol–water partition coefficient (Wildman–Crippen LogP) is 3.55. The molecule has 0 amide bonds. The molecule has 0 spiro atoms. The SMILES string of the molecule is c1ccc(C2CSC(=NC3COc4ccccc43)N2)cc1. The molecule has 2 unspecified atom stereocenters. The van der Waals surface area contributed by atoms with Crippen molar-refractivity contribution in [1.82, 2.24) is 5.32 Å². The fraction of sp³-hybridized carbons (Fsp3) is 0.235. The molecule has 0 bridgehead atoms. The molecule has 2 atom stereocenters. The molecule has 0 radical (unpaired) electrons. The monoisotopic (exact) mass is 296 g/mol. The van der Waals surface area contributed by atoms with E-state index in [9.17, 15) is 0 Å². The van der Waals surface area contributed by atoms with Crippen LogP contribution in [0.5, 0.6) is 5.75 Å². The fourth-order valence-corrected chi connectivity index (χ4v) is 3.76. The van der Waals surface area contributed by atoms with Gasteiger partial charge >= 0.3 is 0 Å². The van der Waals surface area contributed by atoms with Gasteiger partial charge in [0, 0.05) is 11.3 Å². The van der Waals surface area contributed by atoms with E-state index in [4.69, 9.17) is 9.73 Å². The van der Waals surface area contributed by atoms with Crippen LogP contribution >= 0.6 is 11.8 Å². The molecule has 0 aliphatic carbocycles. The summed E-state index contributed by atoms with van der Waals surface area (Å²) in [5, 5.41) is 4.54. The zero-order valence-corrected chi connectivity index (χ0v) is 12.3.